The molecule has 9 heteroatoms. The molecule has 1 aromatic carbocycles. The summed E-state index contributed by atoms with van der Waals surface area (Å²) in [5.41, 5.74) is 0.0695. The Balaban J connectivity index is 1.73. The van der Waals surface area contributed by atoms with Crippen LogP contribution in [0, 0.1) is 5.82 Å². The summed E-state index contributed by atoms with van der Waals surface area (Å²) in [5.74, 6) is -1.24. The highest BCUT2D eigenvalue weighted by atomic mass is 19.4. The second-order valence-electron chi connectivity index (χ2n) is 6.50. The number of carbonyl (C=O) groups excluding carboxylic acids is 1. The quantitative estimate of drug-likeness (QED) is 0.478. The molecule has 1 atom stereocenters. The summed E-state index contributed by atoms with van der Waals surface area (Å²) in [7, 11) is 0. The molecule has 0 aliphatic rings. The van der Waals surface area contributed by atoms with Gasteiger partial charge in [0.25, 0.3) is 5.91 Å². The van der Waals surface area contributed by atoms with Crippen molar-refractivity contribution in [1.29, 1.82) is 0 Å². The Kier molecular flexibility index (Phi) is 4.94. The Morgan fingerprint density at radius 3 is 2.40 bits per heavy atom. The van der Waals surface area contributed by atoms with E-state index in [1.807, 2.05) is 0 Å². The van der Waals surface area contributed by atoms with Crippen LogP contribution in [0.1, 0.15) is 33.2 Å². The first-order valence-electron chi connectivity index (χ1n) is 8.85. The number of halogens is 4. The first-order valence-corrected chi connectivity index (χ1v) is 8.85. The van der Waals surface area contributed by atoms with Gasteiger partial charge in [-0.05, 0) is 42.0 Å². The Morgan fingerprint density at radius 1 is 1.00 bits per heavy atom. The monoisotopic (exact) mass is 414 g/mol. The first-order chi connectivity index (χ1) is 14.3. The highest BCUT2D eigenvalue weighted by molar-refractivity contribution is 6.06. The zero-order valence-electron chi connectivity index (χ0n) is 15.2. The SMILES string of the molecule is O=C(NC(c1ccc(C(F)(F)F)cc1)c1ncccc1F)c1c[nH]c2ncccc12. The van der Waals surface area contributed by atoms with Gasteiger partial charge in [-0.15, -0.1) is 0 Å². The van der Waals surface area contributed by atoms with Gasteiger partial charge < -0.3 is 10.3 Å². The summed E-state index contributed by atoms with van der Waals surface area (Å²) in [6.45, 7) is 0. The Bertz CT molecular complexity index is 1200. The smallest absolute Gasteiger partial charge is 0.345 e. The van der Waals surface area contributed by atoms with Crippen molar-refractivity contribution in [3.63, 3.8) is 0 Å². The number of hydrogen-bond acceptors (Lipinski definition) is 3. The van der Waals surface area contributed by atoms with E-state index in [1.54, 1.807) is 18.3 Å². The van der Waals surface area contributed by atoms with Crippen LogP contribution in [0.2, 0.25) is 0 Å². The zero-order chi connectivity index (χ0) is 21.3. The summed E-state index contributed by atoms with van der Waals surface area (Å²) >= 11 is 0. The second-order valence-corrected chi connectivity index (χ2v) is 6.50. The van der Waals surface area contributed by atoms with E-state index in [4.69, 9.17) is 0 Å². The van der Waals surface area contributed by atoms with Gasteiger partial charge in [0.2, 0.25) is 0 Å². The second kappa shape index (κ2) is 7.58. The number of H-pyrrole nitrogens is 1. The molecule has 0 aliphatic carbocycles. The molecule has 1 amide bonds. The van der Waals surface area contributed by atoms with E-state index < -0.39 is 29.5 Å². The van der Waals surface area contributed by atoms with Crippen molar-refractivity contribution in [2.45, 2.75) is 12.2 Å². The van der Waals surface area contributed by atoms with Crippen LogP contribution in [-0.4, -0.2) is 20.9 Å². The zero-order valence-corrected chi connectivity index (χ0v) is 15.2. The lowest BCUT2D eigenvalue weighted by atomic mass is 10.00. The molecule has 2 N–H and O–H groups in total. The molecule has 4 aromatic rings. The third kappa shape index (κ3) is 3.73. The molecule has 30 heavy (non-hydrogen) atoms. The molecule has 0 fully saturated rings. The molecule has 0 radical (unpaired) electrons. The highest BCUT2D eigenvalue weighted by Crippen LogP contribution is 2.31. The van der Waals surface area contributed by atoms with E-state index in [-0.39, 0.29) is 16.8 Å². The van der Waals surface area contributed by atoms with Crippen molar-refractivity contribution in [1.82, 2.24) is 20.3 Å². The van der Waals surface area contributed by atoms with Crippen LogP contribution in [0.4, 0.5) is 17.6 Å². The number of benzene rings is 1. The summed E-state index contributed by atoms with van der Waals surface area (Å²) in [5, 5.41) is 3.23. The van der Waals surface area contributed by atoms with Gasteiger partial charge >= 0.3 is 6.18 Å². The molecule has 0 spiro atoms. The van der Waals surface area contributed by atoms with Crippen LogP contribution in [-0.2, 0) is 6.18 Å². The topological polar surface area (TPSA) is 70.7 Å². The Morgan fingerprint density at radius 2 is 1.70 bits per heavy atom. The summed E-state index contributed by atoms with van der Waals surface area (Å²) in [6.07, 6.45) is -0.137. The molecule has 0 saturated heterocycles. The van der Waals surface area contributed by atoms with Crippen molar-refractivity contribution in [3.8, 4) is 0 Å². The maximum absolute atomic E-state index is 14.4. The summed E-state index contributed by atoms with van der Waals surface area (Å²) < 4.78 is 53.1. The van der Waals surface area contributed by atoms with Gasteiger partial charge in [-0.2, -0.15) is 13.2 Å². The lowest BCUT2D eigenvalue weighted by Crippen LogP contribution is -2.30. The molecule has 5 nitrogen and oxygen atoms in total. The maximum atomic E-state index is 14.4. The van der Waals surface area contributed by atoms with Crippen LogP contribution >= 0.6 is 0 Å². The average Bonchev–Trinajstić information content (AvgIpc) is 3.16. The number of carbonyl (C=O) groups is 1. The van der Waals surface area contributed by atoms with Crippen molar-refractivity contribution < 1.29 is 22.4 Å². The maximum Gasteiger partial charge on any atom is 0.416 e. The van der Waals surface area contributed by atoms with Crippen molar-refractivity contribution >= 4 is 16.9 Å². The Labute approximate surface area is 167 Å². The summed E-state index contributed by atoms with van der Waals surface area (Å²) in [6, 6.07) is 8.97. The van der Waals surface area contributed by atoms with Crippen molar-refractivity contribution in [3.05, 3.63) is 95.3 Å². The van der Waals surface area contributed by atoms with E-state index >= 15 is 0 Å². The van der Waals surface area contributed by atoms with Crippen molar-refractivity contribution in [2.75, 3.05) is 0 Å². The Hall–Kier alpha value is -3.75. The molecule has 152 valence electrons. The van der Waals surface area contributed by atoms with E-state index in [0.29, 0.717) is 11.0 Å². The molecular formula is C21H14F4N4O. The number of fused-ring (bicyclic) bond motifs is 1. The third-order valence-electron chi connectivity index (χ3n) is 4.60. The fraction of sp³-hybridized carbons (Fsp3) is 0.0952. The van der Waals surface area contributed by atoms with Gasteiger partial charge in [-0.1, -0.05) is 12.1 Å². The number of rotatable bonds is 4. The number of pyridine rings is 2. The first kappa shape index (κ1) is 19.6. The summed E-state index contributed by atoms with van der Waals surface area (Å²) in [4.78, 5) is 23.9. The largest absolute Gasteiger partial charge is 0.416 e. The minimum absolute atomic E-state index is 0.108. The number of nitrogens with zero attached hydrogens (tertiary/aromatic N) is 2. The van der Waals surface area contributed by atoms with Gasteiger partial charge in [0.15, 0.2) is 0 Å². The van der Waals surface area contributed by atoms with E-state index in [2.05, 4.69) is 20.3 Å². The highest BCUT2D eigenvalue weighted by Gasteiger charge is 2.31. The van der Waals surface area contributed by atoms with Crippen LogP contribution in [0.5, 0.6) is 0 Å². The van der Waals surface area contributed by atoms with E-state index in [9.17, 15) is 22.4 Å². The van der Waals surface area contributed by atoms with E-state index in [1.165, 1.54) is 36.7 Å². The number of amides is 1. The lowest BCUT2D eigenvalue weighted by Gasteiger charge is -2.20. The molecule has 3 heterocycles. The number of nitrogens with one attached hydrogen (secondary N) is 2. The average molecular weight is 414 g/mol. The number of alkyl halides is 3. The van der Waals surface area contributed by atoms with Gasteiger partial charge in [-0.3, -0.25) is 9.78 Å². The number of hydrogen-bond donors (Lipinski definition) is 2. The minimum atomic E-state index is -4.51. The molecule has 3 aromatic heterocycles. The molecule has 0 saturated carbocycles. The van der Waals surface area contributed by atoms with Crippen LogP contribution in [0.25, 0.3) is 11.0 Å². The predicted molar refractivity (Wildman–Crippen MR) is 101 cm³/mol. The van der Waals surface area contributed by atoms with Crippen LogP contribution in [0.15, 0.2) is 67.1 Å². The normalized spacial score (nSPS) is 12.7. The molecule has 1 unspecified atom stereocenters. The van der Waals surface area contributed by atoms with Gasteiger partial charge in [0.1, 0.15) is 17.2 Å². The lowest BCUT2D eigenvalue weighted by molar-refractivity contribution is -0.137. The fourth-order valence-electron chi connectivity index (χ4n) is 3.14. The molecule has 4 rings (SSSR count). The third-order valence-corrected chi connectivity index (χ3v) is 4.60. The number of aromatic amines is 1. The fourth-order valence-corrected chi connectivity index (χ4v) is 3.14. The van der Waals surface area contributed by atoms with Gasteiger partial charge in [0, 0.05) is 24.0 Å². The van der Waals surface area contributed by atoms with Gasteiger partial charge in [-0.25, -0.2) is 9.37 Å². The van der Waals surface area contributed by atoms with Crippen molar-refractivity contribution in [2.24, 2.45) is 0 Å². The van der Waals surface area contributed by atoms with Gasteiger partial charge in [0.05, 0.1) is 17.2 Å². The molecule has 0 aliphatic heterocycles. The van der Waals surface area contributed by atoms with Crippen LogP contribution in [0.3, 0.4) is 0 Å². The van der Waals surface area contributed by atoms with E-state index in [0.717, 1.165) is 12.1 Å². The molecule has 0 bridgehead atoms. The molecular weight excluding hydrogens is 400 g/mol. The standard InChI is InChI=1S/C21H14F4N4O/c22-16-4-2-9-26-18(16)17(12-5-7-13(8-6-12)21(23,24)25)29-20(30)15-11-28-19-14(15)3-1-10-27-19/h1-11,17H,(H,27,28)(H,29,30). The minimum Gasteiger partial charge on any atom is -0.345 e. The predicted octanol–water partition coefficient (Wildman–Crippen LogP) is 4.64. The number of aromatic nitrogens is 3. The van der Waals surface area contributed by atoms with Crippen LogP contribution < -0.4 is 5.32 Å².